The van der Waals surface area contributed by atoms with Gasteiger partial charge in [-0.1, -0.05) is 23.7 Å². The van der Waals surface area contributed by atoms with Crippen LogP contribution in [0.25, 0.3) is 0 Å². The molecule has 1 amide bonds. The van der Waals surface area contributed by atoms with Crippen LogP contribution in [0.4, 0.5) is 5.69 Å². The van der Waals surface area contributed by atoms with Gasteiger partial charge in [0.15, 0.2) is 0 Å². The van der Waals surface area contributed by atoms with Crippen LogP contribution in [0.2, 0.25) is 5.02 Å². The summed E-state index contributed by atoms with van der Waals surface area (Å²) < 4.78 is 5.01. The fourth-order valence-corrected chi connectivity index (χ4v) is 2.15. The van der Waals surface area contributed by atoms with Crippen LogP contribution in [0, 0.1) is 10.1 Å². The van der Waals surface area contributed by atoms with Gasteiger partial charge in [0, 0.05) is 23.2 Å². The molecule has 0 saturated carbocycles. The summed E-state index contributed by atoms with van der Waals surface area (Å²) in [5.41, 5.74) is 0.634. The van der Waals surface area contributed by atoms with Crippen LogP contribution in [0.3, 0.4) is 0 Å². The van der Waals surface area contributed by atoms with Crippen LogP contribution in [-0.2, 0) is 16.1 Å². The maximum absolute atomic E-state index is 11.9. The summed E-state index contributed by atoms with van der Waals surface area (Å²) >= 11 is 5.74. The number of ether oxygens (including phenoxy) is 1. The maximum Gasteiger partial charge on any atom is 0.307 e. The summed E-state index contributed by atoms with van der Waals surface area (Å²) in [6.07, 6.45) is -0.0417. The second-order valence-electron chi connectivity index (χ2n) is 5.06. The van der Waals surface area contributed by atoms with E-state index < -0.39 is 10.9 Å². The Bertz CT molecular complexity index is 777. The number of para-hydroxylation sites is 1. The molecular formula is C17H15ClN2O5. The summed E-state index contributed by atoms with van der Waals surface area (Å²) in [7, 11) is 0. The fraction of sp³-hybridized carbons (Fsp3) is 0.176. The third kappa shape index (κ3) is 5.58. The lowest BCUT2D eigenvalue weighted by atomic mass is 10.2. The molecule has 0 fully saturated rings. The van der Waals surface area contributed by atoms with Crippen molar-refractivity contribution in [2.75, 3.05) is 6.54 Å². The zero-order valence-electron chi connectivity index (χ0n) is 13.1. The smallest absolute Gasteiger partial charge is 0.307 e. The third-order valence-corrected chi connectivity index (χ3v) is 3.55. The molecule has 1 N–H and O–H groups in total. The summed E-state index contributed by atoms with van der Waals surface area (Å²) in [5.74, 6) is -0.891. The second kappa shape index (κ2) is 8.79. The van der Waals surface area contributed by atoms with Crippen molar-refractivity contribution in [1.29, 1.82) is 0 Å². The van der Waals surface area contributed by atoms with E-state index in [2.05, 4.69) is 5.32 Å². The molecule has 0 bridgehead atoms. The van der Waals surface area contributed by atoms with E-state index in [4.69, 9.17) is 16.3 Å². The van der Waals surface area contributed by atoms with Crippen molar-refractivity contribution in [1.82, 2.24) is 5.32 Å². The molecule has 2 rings (SSSR count). The number of amides is 1. The average Bonchev–Trinajstić information content (AvgIpc) is 2.60. The lowest BCUT2D eigenvalue weighted by Crippen LogP contribution is -2.26. The number of carbonyl (C=O) groups excluding carboxylic acids is 2. The predicted molar refractivity (Wildman–Crippen MR) is 91.3 cm³/mol. The molecule has 0 saturated heterocycles. The van der Waals surface area contributed by atoms with E-state index in [9.17, 15) is 19.7 Å². The predicted octanol–water partition coefficient (Wildman–Crippen LogP) is 3.11. The molecule has 2 aromatic rings. The Morgan fingerprint density at radius 3 is 2.48 bits per heavy atom. The minimum Gasteiger partial charge on any atom is -0.460 e. The van der Waals surface area contributed by atoms with Gasteiger partial charge in [-0.3, -0.25) is 19.7 Å². The molecule has 0 aliphatic carbocycles. The highest BCUT2D eigenvalue weighted by atomic mass is 35.5. The number of hydrogen-bond acceptors (Lipinski definition) is 5. The largest absolute Gasteiger partial charge is 0.460 e. The first-order chi connectivity index (χ1) is 12.0. The standard InChI is InChI=1S/C17H15ClN2O5/c18-14-7-5-12(6-8-14)17(22)19-10-9-16(21)25-11-13-3-1-2-4-15(13)20(23)24/h1-8H,9-11H2,(H,19,22). The number of nitrogens with zero attached hydrogens (tertiary/aromatic N) is 1. The van der Waals surface area contributed by atoms with Gasteiger partial charge in [-0.05, 0) is 30.3 Å². The minimum atomic E-state index is -0.561. The number of nitro benzene ring substituents is 1. The lowest BCUT2D eigenvalue weighted by Gasteiger charge is -2.07. The molecule has 0 spiro atoms. The lowest BCUT2D eigenvalue weighted by molar-refractivity contribution is -0.385. The Hall–Kier alpha value is -2.93. The van der Waals surface area contributed by atoms with Gasteiger partial charge in [0.05, 0.1) is 16.9 Å². The van der Waals surface area contributed by atoms with Gasteiger partial charge < -0.3 is 10.1 Å². The molecule has 0 aromatic heterocycles. The number of rotatable bonds is 7. The number of halogens is 1. The van der Waals surface area contributed by atoms with Crippen molar-refractivity contribution in [3.05, 3.63) is 74.8 Å². The Morgan fingerprint density at radius 2 is 1.80 bits per heavy atom. The summed E-state index contributed by atoms with van der Waals surface area (Å²) in [5, 5.41) is 14.0. The highest BCUT2D eigenvalue weighted by Crippen LogP contribution is 2.18. The Kier molecular flexibility index (Phi) is 6.47. The molecule has 0 atom stereocenters. The molecule has 130 valence electrons. The van der Waals surface area contributed by atoms with Gasteiger partial charge in [0.25, 0.3) is 11.6 Å². The van der Waals surface area contributed by atoms with Crippen LogP contribution in [-0.4, -0.2) is 23.3 Å². The number of benzene rings is 2. The molecule has 25 heavy (non-hydrogen) atoms. The first-order valence-corrected chi connectivity index (χ1v) is 7.77. The number of carbonyl (C=O) groups is 2. The Balaban J connectivity index is 1.77. The van der Waals surface area contributed by atoms with Crippen LogP contribution in [0.1, 0.15) is 22.3 Å². The highest BCUT2D eigenvalue weighted by Gasteiger charge is 2.14. The Morgan fingerprint density at radius 1 is 1.12 bits per heavy atom. The number of nitro groups is 1. The topological polar surface area (TPSA) is 98.5 Å². The van der Waals surface area contributed by atoms with E-state index in [0.717, 1.165) is 0 Å². The van der Waals surface area contributed by atoms with Crippen molar-refractivity contribution in [3.8, 4) is 0 Å². The average molecular weight is 363 g/mol. The second-order valence-corrected chi connectivity index (χ2v) is 5.50. The first-order valence-electron chi connectivity index (χ1n) is 7.39. The molecule has 7 nitrogen and oxygen atoms in total. The summed E-state index contributed by atoms with van der Waals surface area (Å²) in [6, 6.07) is 12.4. The highest BCUT2D eigenvalue weighted by molar-refractivity contribution is 6.30. The van der Waals surface area contributed by atoms with E-state index in [-0.39, 0.29) is 31.2 Å². The van der Waals surface area contributed by atoms with Gasteiger partial charge in [0.1, 0.15) is 6.61 Å². The molecule has 8 heteroatoms. The molecule has 0 aliphatic rings. The van der Waals surface area contributed by atoms with Gasteiger partial charge in [-0.15, -0.1) is 0 Å². The van der Waals surface area contributed by atoms with E-state index in [1.165, 1.54) is 18.2 Å². The molecule has 2 aromatic carbocycles. The normalized spacial score (nSPS) is 10.1. The molecule has 0 aliphatic heterocycles. The first kappa shape index (κ1) is 18.4. The van der Waals surface area contributed by atoms with E-state index >= 15 is 0 Å². The van der Waals surface area contributed by atoms with Crippen LogP contribution >= 0.6 is 11.6 Å². The van der Waals surface area contributed by atoms with Crippen molar-refractivity contribution < 1.29 is 19.2 Å². The van der Waals surface area contributed by atoms with Crippen molar-refractivity contribution in [2.24, 2.45) is 0 Å². The quantitative estimate of drug-likeness (QED) is 0.463. The van der Waals surface area contributed by atoms with Gasteiger partial charge in [-0.25, -0.2) is 0 Å². The van der Waals surface area contributed by atoms with E-state index in [0.29, 0.717) is 16.1 Å². The zero-order chi connectivity index (χ0) is 18.2. The molecular weight excluding hydrogens is 348 g/mol. The van der Waals surface area contributed by atoms with Crippen LogP contribution < -0.4 is 5.32 Å². The number of hydrogen-bond donors (Lipinski definition) is 1. The number of esters is 1. The zero-order valence-corrected chi connectivity index (χ0v) is 13.9. The van der Waals surface area contributed by atoms with Crippen molar-refractivity contribution >= 4 is 29.2 Å². The monoisotopic (exact) mass is 362 g/mol. The minimum absolute atomic E-state index is 0.0417. The van der Waals surface area contributed by atoms with Crippen molar-refractivity contribution in [3.63, 3.8) is 0 Å². The van der Waals surface area contributed by atoms with E-state index in [1.54, 1.807) is 30.3 Å². The molecule has 0 unspecified atom stereocenters. The third-order valence-electron chi connectivity index (χ3n) is 3.30. The van der Waals surface area contributed by atoms with E-state index in [1.807, 2.05) is 0 Å². The summed E-state index contributed by atoms with van der Waals surface area (Å²) in [6.45, 7) is -0.0989. The van der Waals surface area contributed by atoms with Crippen LogP contribution in [0.15, 0.2) is 48.5 Å². The molecule has 0 radical (unpaired) electrons. The summed E-state index contributed by atoms with van der Waals surface area (Å²) in [4.78, 5) is 33.9. The maximum atomic E-state index is 11.9. The fourth-order valence-electron chi connectivity index (χ4n) is 2.02. The van der Waals surface area contributed by atoms with Crippen molar-refractivity contribution in [2.45, 2.75) is 13.0 Å². The van der Waals surface area contributed by atoms with Crippen LogP contribution in [0.5, 0.6) is 0 Å². The molecule has 0 heterocycles. The number of nitrogens with one attached hydrogen (secondary N) is 1. The Labute approximate surface area is 148 Å². The van der Waals surface area contributed by atoms with Gasteiger partial charge >= 0.3 is 5.97 Å². The van der Waals surface area contributed by atoms with Gasteiger partial charge in [0.2, 0.25) is 0 Å². The SMILES string of the molecule is O=C(CCNC(=O)c1ccc(Cl)cc1)OCc1ccccc1[N+](=O)[O-]. The van der Waals surface area contributed by atoms with Gasteiger partial charge in [-0.2, -0.15) is 0 Å².